The van der Waals surface area contributed by atoms with Gasteiger partial charge in [-0.3, -0.25) is 0 Å². The number of rotatable bonds is 9. The zero-order valence-corrected chi connectivity index (χ0v) is 17.6. The number of benzene rings is 3. The molecule has 0 saturated carbocycles. The van der Waals surface area contributed by atoms with Gasteiger partial charge < -0.3 is 19.8 Å². The first-order valence-electron chi connectivity index (χ1n) is 10.3. The molecule has 4 nitrogen and oxygen atoms in total. The van der Waals surface area contributed by atoms with Gasteiger partial charge in [-0.15, -0.1) is 0 Å². The lowest BCUT2D eigenvalue weighted by Crippen LogP contribution is -2.16. The van der Waals surface area contributed by atoms with Gasteiger partial charge in [-0.1, -0.05) is 54.1 Å². The van der Waals surface area contributed by atoms with Crippen LogP contribution in [0.4, 0.5) is 0 Å². The monoisotopic (exact) mass is 400 g/mol. The number of aryl methyl sites for hydroxylation is 1. The maximum absolute atomic E-state index is 5.99. The van der Waals surface area contributed by atoms with Gasteiger partial charge in [-0.05, 0) is 54.8 Å². The van der Waals surface area contributed by atoms with Gasteiger partial charge in [0.25, 0.3) is 0 Å². The van der Waals surface area contributed by atoms with Crippen LogP contribution >= 0.6 is 0 Å². The maximum Gasteiger partial charge on any atom is 0.161 e. The van der Waals surface area contributed by atoms with Crippen LogP contribution in [0.25, 0.3) is 10.9 Å². The van der Waals surface area contributed by atoms with E-state index in [1.165, 1.54) is 27.6 Å². The van der Waals surface area contributed by atoms with E-state index in [1.54, 1.807) is 7.11 Å². The van der Waals surface area contributed by atoms with Crippen LogP contribution in [0.15, 0.2) is 72.9 Å². The van der Waals surface area contributed by atoms with Crippen molar-refractivity contribution >= 4 is 10.9 Å². The number of nitrogens with one attached hydrogen (secondary N) is 2. The van der Waals surface area contributed by atoms with E-state index in [0.29, 0.717) is 6.61 Å². The molecule has 2 N–H and O–H groups in total. The van der Waals surface area contributed by atoms with Gasteiger partial charge >= 0.3 is 0 Å². The molecule has 0 saturated heterocycles. The predicted octanol–water partition coefficient (Wildman–Crippen LogP) is 5.40. The molecule has 0 radical (unpaired) electrons. The lowest BCUT2D eigenvalue weighted by Gasteiger charge is -2.13. The van der Waals surface area contributed by atoms with Crippen molar-refractivity contribution in [3.63, 3.8) is 0 Å². The Labute approximate surface area is 177 Å². The summed E-state index contributed by atoms with van der Waals surface area (Å²) in [6, 6.07) is 22.9. The number of aromatic nitrogens is 1. The van der Waals surface area contributed by atoms with Crippen LogP contribution in [0.2, 0.25) is 0 Å². The topological polar surface area (TPSA) is 46.3 Å². The van der Waals surface area contributed by atoms with E-state index in [2.05, 4.69) is 78.0 Å². The first-order chi connectivity index (χ1) is 14.7. The number of hydrogen-bond donors (Lipinski definition) is 2. The zero-order chi connectivity index (χ0) is 20.8. The molecule has 0 aliphatic heterocycles. The maximum atomic E-state index is 5.99. The highest BCUT2D eigenvalue weighted by atomic mass is 16.5. The average molecular weight is 401 g/mol. The number of methoxy groups -OCH3 is 1. The van der Waals surface area contributed by atoms with Crippen molar-refractivity contribution in [3.8, 4) is 11.5 Å². The molecule has 0 aliphatic carbocycles. The lowest BCUT2D eigenvalue weighted by atomic mass is 10.1. The van der Waals surface area contributed by atoms with Gasteiger partial charge in [0, 0.05) is 23.6 Å². The van der Waals surface area contributed by atoms with E-state index >= 15 is 0 Å². The molecule has 0 unspecified atom stereocenters. The number of hydrogen-bond acceptors (Lipinski definition) is 3. The number of fused-ring (bicyclic) bond motifs is 1. The van der Waals surface area contributed by atoms with Crippen molar-refractivity contribution in [2.45, 2.75) is 26.5 Å². The molecular weight excluding hydrogens is 372 g/mol. The summed E-state index contributed by atoms with van der Waals surface area (Å²) in [5.74, 6) is 1.53. The Hall–Kier alpha value is -3.24. The quantitative estimate of drug-likeness (QED) is 0.370. The molecule has 4 rings (SSSR count). The summed E-state index contributed by atoms with van der Waals surface area (Å²) in [5.41, 5.74) is 6.10. The molecule has 0 fully saturated rings. The zero-order valence-electron chi connectivity index (χ0n) is 17.6. The van der Waals surface area contributed by atoms with Crippen molar-refractivity contribution in [2.75, 3.05) is 13.7 Å². The third-order valence-corrected chi connectivity index (χ3v) is 5.28. The fraction of sp³-hybridized carbons (Fsp3) is 0.231. The summed E-state index contributed by atoms with van der Waals surface area (Å²) in [6.45, 7) is 4.32. The predicted molar refractivity (Wildman–Crippen MR) is 122 cm³/mol. The lowest BCUT2D eigenvalue weighted by molar-refractivity contribution is 0.284. The van der Waals surface area contributed by atoms with Gasteiger partial charge in [0.15, 0.2) is 11.5 Å². The second kappa shape index (κ2) is 9.51. The van der Waals surface area contributed by atoms with Crippen LogP contribution in [0.3, 0.4) is 0 Å². The van der Waals surface area contributed by atoms with Crippen LogP contribution in [-0.4, -0.2) is 18.6 Å². The van der Waals surface area contributed by atoms with Gasteiger partial charge in [0.1, 0.15) is 6.61 Å². The minimum Gasteiger partial charge on any atom is -0.493 e. The molecule has 3 aromatic carbocycles. The van der Waals surface area contributed by atoms with Gasteiger partial charge in [0.2, 0.25) is 0 Å². The minimum absolute atomic E-state index is 0.528. The van der Waals surface area contributed by atoms with Crippen LogP contribution in [0.5, 0.6) is 11.5 Å². The van der Waals surface area contributed by atoms with Crippen molar-refractivity contribution in [1.82, 2.24) is 10.3 Å². The van der Waals surface area contributed by atoms with E-state index in [0.717, 1.165) is 36.6 Å². The number of ether oxygens (including phenoxy) is 2. The summed E-state index contributed by atoms with van der Waals surface area (Å²) in [4.78, 5) is 3.34. The molecule has 0 amide bonds. The van der Waals surface area contributed by atoms with Crippen molar-refractivity contribution in [2.24, 2.45) is 0 Å². The molecule has 154 valence electrons. The van der Waals surface area contributed by atoms with Crippen LogP contribution in [-0.2, 0) is 19.6 Å². The van der Waals surface area contributed by atoms with E-state index in [1.807, 2.05) is 12.1 Å². The smallest absolute Gasteiger partial charge is 0.161 e. The highest BCUT2D eigenvalue weighted by molar-refractivity contribution is 5.83. The number of para-hydroxylation sites is 1. The van der Waals surface area contributed by atoms with Gasteiger partial charge in [-0.25, -0.2) is 0 Å². The van der Waals surface area contributed by atoms with Crippen LogP contribution in [0.1, 0.15) is 22.3 Å². The molecule has 1 heterocycles. The summed E-state index contributed by atoms with van der Waals surface area (Å²) in [5, 5.41) is 4.83. The fourth-order valence-electron chi connectivity index (χ4n) is 3.70. The van der Waals surface area contributed by atoms with Gasteiger partial charge in [-0.2, -0.15) is 0 Å². The van der Waals surface area contributed by atoms with Crippen molar-refractivity contribution in [3.05, 3.63) is 95.2 Å². The fourth-order valence-corrected chi connectivity index (χ4v) is 3.70. The SMILES string of the molecule is COc1cc(CNCCc2c[nH]c3ccccc23)ccc1OCc1cccc(C)c1. The van der Waals surface area contributed by atoms with E-state index in [9.17, 15) is 0 Å². The third-order valence-electron chi connectivity index (χ3n) is 5.28. The third kappa shape index (κ3) is 4.84. The summed E-state index contributed by atoms with van der Waals surface area (Å²) >= 11 is 0. The van der Waals surface area contributed by atoms with Gasteiger partial charge in [0.05, 0.1) is 7.11 Å². The summed E-state index contributed by atoms with van der Waals surface area (Å²) in [6.07, 6.45) is 3.09. The molecule has 4 heteroatoms. The molecule has 0 spiro atoms. The first kappa shape index (κ1) is 20.0. The highest BCUT2D eigenvalue weighted by Gasteiger charge is 2.07. The second-order valence-electron chi connectivity index (χ2n) is 7.55. The van der Waals surface area contributed by atoms with E-state index in [-0.39, 0.29) is 0 Å². The van der Waals surface area contributed by atoms with Crippen LogP contribution < -0.4 is 14.8 Å². The molecule has 0 atom stereocenters. The Kier molecular flexibility index (Phi) is 6.35. The van der Waals surface area contributed by atoms with Crippen molar-refractivity contribution < 1.29 is 9.47 Å². The standard InChI is InChI=1S/C26H28N2O2/c1-19-6-5-7-21(14-19)18-30-25-11-10-20(15-26(25)29-2)16-27-13-12-22-17-28-24-9-4-3-8-23(22)24/h3-11,14-15,17,27-28H,12-13,16,18H2,1-2H3. The summed E-state index contributed by atoms with van der Waals surface area (Å²) < 4.78 is 11.5. The molecular formula is C26H28N2O2. The Bertz CT molecular complexity index is 1120. The summed E-state index contributed by atoms with van der Waals surface area (Å²) in [7, 11) is 1.68. The number of aromatic amines is 1. The average Bonchev–Trinajstić information content (AvgIpc) is 3.19. The highest BCUT2D eigenvalue weighted by Crippen LogP contribution is 2.29. The Morgan fingerprint density at radius 1 is 0.900 bits per heavy atom. The van der Waals surface area contributed by atoms with Crippen LogP contribution in [0, 0.1) is 6.92 Å². The molecule has 0 bridgehead atoms. The molecule has 4 aromatic rings. The molecule has 0 aliphatic rings. The second-order valence-corrected chi connectivity index (χ2v) is 7.55. The minimum atomic E-state index is 0.528. The number of H-pyrrole nitrogens is 1. The Morgan fingerprint density at radius 3 is 2.67 bits per heavy atom. The Morgan fingerprint density at radius 2 is 1.80 bits per heavy atom. The normalized spacial score (nSPS) is 11.0. The molecule has 30 heavy (non-hydrogen) atoms. The Balaban J connectivity index is 1.31. The largest absolute Gasteiger partial charge is 0.493 e. The van der Waals surface area contributed by atoms with E-state index < -0.39 is 0 Å². The van der Waals surface area contributed by atoms with E-state index in [4.69, 9.17) is 9.47 Å². The van der Waals surface area contributed by atoms with Crippen molar-refractivity contribution in [1.29, 1.82) is 0 Å². The first-order valence-corrected chi connectivity index (χ1v) is 10.3. The molecule has 1 aromatic heterocycles.